The van der Waals surface area contributed by atoms with Crippen molar-refractivity contribution in [1.29, 1.82) is 0 Å². The van der Waals surface area contributed by atoms with Crippen LogP contribution >= 0.6 is 0 Å². The van der Waals surface area contributed by atoms with Gasteiger partial charge >= 0.3 is 0 Å². The highest BCUT2D eigenvalue weighted by Gasteiger charge is 2.01. The molecular weight excluding hydrogens is 228 g/mol. The molecule has 4 heteroatoms. The maximum atomic E-state index is 8.63. The van der Waals surface area contributed by atoms with Crippen LogP contribution in [0, 0.1) is 0 Å². The molecule has 0 aliphatic carbocycles. The van der Waals surface area contributed by atoms with E-state index in [0.29, 0.717) is 6.61 Å². The smallest absolute Gasteiger partial charge is 0.128 e. The van der Waals surface area contributed by atoms with Gasteiger partial charge in [-0.05, 0) is 44.1 Å². The predicted molar refractivity (Wildman–Crippen MR) is 73.0 cm³/mol. The van der Waals surface area contributed by atoms with Crippen LogP contribution in [0.2, 0.25) is 0 Å². The van der Waals surface area contributed by atoms with Gasteiger partial charge in [0, 0.05) is 23.7 Å². The van der Waals surface area contributed by atoms with Crippen molar-refractivity contribution in [2.24, 2.45) is 0 Å². The van der Waals surface area contributed by atoms with Crippen molar-refractivity contribution in [3.8, 4) is 5.75 Å². The molecule has 0 radical (unpaired) electrons. The Balaban J connectivity index is 1.72. The molecule has 3 N–H and O–H groups in total. The van der Waals surface area contributed by atoms with Crippen LogP contribution in [-0.2, 0) is 0 Å². The largest absolute Gasteiger partial charge is 0.493 e. The molecule has 1 heterocycles. The summed E-state index contributed by atoms with van der Waals surface area (Å²) in [7, 11) is 0. The minimum absolute atomic E-state index is 0.249. The predicted octanol–water partition coefficient (Wildman–Crippen LogP) is 1.91. The highest BCUT2D eigenvalue weighted by atomic mass is 16.5. The second kappa shape index (κ2) is 7.03. The number of hydrogen-bond donors (Lipinski definition) is 3. The molecule has 0 aliphatic heterocycles. The van der Waals surface area contributed by atoms with E-state index in [1.165, 1.54) is 0 Å². The average Bonchev–Trinajstić information content (AvgIpc) is 2.86. The lowest BCUT2D eigenvalue weighted by atomic mass is 10.2. The Kier molecular flexibility index (Phi) is 5.05. The minimum Gasteiger partial charge on any atom is -0.493 e. The molecular formula is C14H20N2O2. The van der Waals surface area contributed by atoms with Crippen molar-refractivity contribution in [1.82, 2.24) is 10.3 Å². The number of aromatic amines is 1. The number of aromatic nitrogens is 1. The number of aliphatic hydroxyl groups is 1. The zero-order valence-corrected chi connectivity index (χ0v) is 10.5. The van der Waals surface area contributed by atoms with E-state index in [1.807, 2.05) is 30.5 Å². The first kappa shape index (κ1) is 12.9. The topological polar surface area (TPSA) is 57.3 Å². The quantitative estimate of drug-likeness (QED) is 0.625. The summed E-state index contributed by atoms with van der Waals surface area (Å²) < 4.78 is 5.77. The average molecular weight is 248 g/mol. The van der Waals surface area contributed by atoms with Gasteiger partial charge in [-0.1, -0.05) is 6.07 Å². The van der Waals surface area contributed by atoms with Crippen LogP contribution in [0.3, 0.4) is 0 Å². The zero-order valence-electron chi connectivity index (χ0n) is 10.5. The fraction of sp³-hybridized carbons (Fsp3) is 0.429. The van der Waals surface area contributed by atoms with Crippen LogP contribution in [-0.4, -0.2) is 36.4 Å². The molecule has 0 fully saturated rings. The molecule has 0 amide bonds. The summed E-state index contributed by atoms with van der Waals surface area (Å²) in [5, 5.41) is 13.0. The molecule has 0 bridgehead atoms. The van der Waals surface area contributed by atoms with Crippen molar-refractivity contribution in [2.45, 2.75) is 12.8 Å². The molecule has 0 saturated carbocycles. The summed E-state index contributed by atoms with van der Waals surface area (Å²) in [5.74, 6) is 0.934. The Morgan fingerprint density at radius 3 is 2.94 bits per heavy atom. The third-order valence-electron chi connectivity index (χ3n) is 2.82. The van der Waals surface area contributed by atoms with E-state index in [9.17, 15) is 0 Å². The highest BCUT2D eigenvalue weighted by molar-refractivity contribution is 5.85. The number of hydrogen-bond acceptors (Lipinski definition) is 3. The van der Waals surface area contributed by atoms with E-state index in [-0.39, 0.29) is 6.61 Å². The van der Waals surface area contributed by atoms with Gasteiger partial charge in [-0.2, -0.15) is 0 Å². The van der Waals surface area contributed by atoms with Gasteiger partial charge in [-0.3, -0.25) is 0 Å². The number of H-pyrrole nitrogens is 1. The molecule has 4 nitrogen and oxygen atoms in total. The molecule has 1 aromatic heterocycles. The standard InChI is InChI=1S/C14H20N2O2/c17-10-2-7-15-8-3-11-18-14-5-1-4-13-12(14)6-9-16-13/h1,4-6,9,15-17H,2-3,7-8,10-11H2. The number of nitrogens with one attached hydrogen (secondary N) is 2. The summed E-state index contributed by atoms with van der Waals surface area (Å²) >= 11 is 0. The van der Waals surface area contributed by atoms with Crippen molar-refractivity contribution >= 4 is 10.9 Å². The molecule has 2 aromatic rings. The van der Waals surface area contributed by atoms with E-state index in [1.54, 1.807) is 0 Å². The highest BCUT2D eigenvalue weighted by Crippen LogP contribution is 2.24. The summed E-state index contributed by atoms with van der Waals surface area (Å²) in [6.45, 7) is 2.74. The number of benzene rings is 1. The Morgan fingerprint density at radius 2 is 2.06 bits per heavy atom. The number of rotatable bonds is 8. The number of fused-ring (bicyclic) bond motifs is 1. The second-order valence-corrected chi connectivity index (χ2v) is 4.22. The third kappa shape index (κ3) is 3.48. The third-order valence-corrected chi connectivity index (χ3v) is 2.82. The Labute approximate surface area is 107 Å². The van der Waals surface area contributed by atoms with Crippen LogP contribution < -0.4 is 10.1 Å². The maximum Gasteiger partial charge on any atom is 0.128 e. The molecule has 0 atom stereocenters. The first-order chi connectivity index (χ1) is 8.92. The molecule has 0 aliphatic rings. The minimum atomic E-state index is 0.249. The molecule has 18 heavy (non-hydrogen) atoms. The van der Waals surface area contributed by atoms with E-state index in [0.717, 1.165) is 42.6 Å². The van der Waals surface area contributed by atoms with Gasteiger partial charge in [-0.15, -0.1) is 0 Å². The summed E-state index contributed by atoms with van der Waals surface area (Å²) in [6, 6.07) is 8.06. The Hall–Kier alpha value is -1.52. The lowest BCUT2D eigenvalue weighted by Gasteiger charge is -2.08. The molecule has 0 saturated heterocycles. The van der Waals surface area contributed by atoms with Gasteiger partial charge in [-0.25, -0.2) is 0 Å². The lowest BCUT2D eigenvalue weighted by Crippen LogP contribution is -2.19. The Bertz CT molecular complexity index is 468. The van der Waals surface area contributed by atoms with E-state index < -0.39 is 0 Å². The molecule has 2 rings (SSSR count). The van der Waals surface area contributed by atoms with E-state index in [2.05, 4.69) is 10.3 Å². The monoisotopic (exact) mass is 248 g/mol. The van der Waals surface area contributed by atoms with Gasteiger partial charge in [0.2, 0.25) is 0 Å². The van der Waals surface area contributed by atoms with Crippen molar-refractivity contribution in [2.75, 3.05) is 26.3 Å². The summed E-state index contributed by atoms with van der Waals surface area (Å²) in [4.78, 5) is 3.17. The normalized spacial score (nSPS) is 10.9. The lowest BCUT2D eigenvalue weighted by molar-refractivity contribution is 0.283. The number of ether oxygens (including phenoxy) is 1. The zero-order chi connectivity index (χ0) is 12.6. The maximum absolute atomic E-state index is 8.63. The van der Waals surface area contributed by atoms with Crippen LogP contribution in [0.25, 0.3) is 10.9 Å². The Morgan fingerprint density at radius 1 is 1.17 bits per heavy atom. The number of aliphatic hydroxyl groups excluding tert-OH is 1. The van der Waals surface area contributed by atoms with Crippen molar-refractivity contribution < 1.29 is 9.84 Å². The molecule has 0 unspecified atom stereocenters. The molecule has 1 aromatic carbocycles. The van der Waals surface area contributed by atoms with E-state index >= 15 is 0 Å². The fourth-order valence-electron chi connectivity index (χ4n) is 1.89. The van der Waals surface area contributed by atoms with Crippen LogP contribution in [0.4, 0.5) is 0 Å². The van der Waals surface area contributed by atoms with Gasteiger partial charge in [0.1, 0.15) is 5.75 Å². The van der Waals surface area contributed by atoms with Crippen molar-refractivity contribution in [3.63, 3.8) is 0 Å². The van der Waals surface area contributed by atoms with Gasteiger partial charge < -0.3 is 20.1 Å². The summed E-state index contributed by atoms with van der Waals surface area (Å²) in [6.07, 6.45) is 3.70. The van der Waals surface area contributed by atoms with Crippen LogP contribution in [0.15, 0.2) is 30.5 Å². The first-order valence-corrected chi connectivity index (χ1v) is 6.42. The van der Waals surface area contributed by atoms with Crippen LogP contribution in [0.1, 0.15) is 12.8 Å². The van der Waals surface area contributed by atoms with Gasteiger partial charge in [0.05, 0.1) is 6.61 Å². The fourth-order valence-corrected chi connectivity index (χ4v) is 1.89. The first-order valence-electron chi connectivity index (χ1n) is 6.42. The van der Waals surface area contributed by atoms with Crippen LogP contribution in [0.5, 0.6) is 5.75 Å². The second-order valence-electron chi connectivity index (χ2n) is 4.22. The van der Waals surface area contributed by atoms with E-state index in [4.69, 9.17) is 9.84 Å². The van der Waals surface area contributed by atoms with Crippen molar-refractivity contribution in [3.05, 3.63) is 30.5 Å². The van der Waals surface area contributed by atoms with Gasteiger partial charge in [0.25, 0.3) is 0 Å². The molecule has 0 spiro atoms. The van der Waals surface area contributed by atoms with Gasteiger partial charge in [0.15, 0.2) is 0 Å². The molecule has 98 valence electrons. The summed E-state index contributed by atoms with van der Waals surface area (Å²) in [5.41, 5.74) is 1.11. The SMILES string of the molecule is OCCCNCCCOc1cccc2[nH]ccc12.